The van der Waals surface area contributed by atoms with E-state index in [2.05, 4.69) is 17.0 Å². The zero-order valence-electron chi connectivity index (χ0n) is 15.1. The first-order valence-corrected chi connectivity index (χ1v) is 9.37. The van der Waals surface area contributed by atoms with E-state index in [4.69, 9.17) is 4.74 Å². The van der Waals surface area contributed by atoms with Gasteiger partial charge in [-0.05, 0) is 47.4 Å². The zero-order valence-corrected chi connectivity index (χ0v) is 15.1. The van der Waals surface area contributed by atoms with Crippen LogP contribution in [0.4, 0.5) is 4.39 Å². The highest BCUT2D eigenvalue weighted by atomic mass is 19.1. The summed E-state index contributed by atoms with van der Waals surface area (Å²) < 4.78 is 18.8. The number of cyclic esters (lactones) is 1. The molecule has 2 heterocycles. The third-order valence-corrected chi connectivity index (χ3v) is 5.13. The average Bonchev–Trinajstić information content (AvgIpc) is 3.12. The Morgan fingerprint density at radius 3 is 2.56 bits per heavy atom. The van der Waals surface area contributed by atoms with Crippen molar-refractivity contribution in [2.24, 2.45) is 0 Å². The van der Waals surface area contributed by atoms with Crippen LogP contribution in [0.2, 0.25) is 0 Å². The van der Waals surface area contributed by atoms with Crippen LogP contribution in [0, 0.1) is 5.82 Å². The molecule has 0 radical (unpaired) electrons. The minimum atomic E-state index is -0.257. The molecule has 0 saturated carbocycles. The molecule has 4 heteroatoms. The molecule has 0 aliphatic carbocycles. The molecule has 2 aliphatic rings. The summed E-state index contributed by atoms with van der Waals surface area (Å²) in [5.74, 6) is -0.488. The van der Waals surface area contributed by atoms with E-state index in [-0.39, 0.29) is 17.9 Å². The molecule has 1 atom stereocenters. The van der Waals surface area contributed by atoms with E-state index in [1.54, 1.807) is 0 Å². The van der Waals surface area contributed by atoms with Gasteiger partial charge in [0.25, 0.3) is 0 Å². The van der Waals surface area contributed by atoms with E-state index < -0.39 is 0 Å². The molecule has 0 N–H and O–H groups in total. The molecule has 138 valence electrons. The number of rotatable bonds is 5. The topological polar surface area (TPSA) is 29.5 Å². The molecule has 0 spiro atoms. The fourth-order valence-electron chi connectivity index (χ4n) is 3.82. The van der Waals surface area contributed by atoms with Crippen molar-refractivity contribution >= 4 is 17.2 Å². The number of nitrogens with zero attached hydrogens (tertiary/aromatic N) is 1. The summed E-state index contributed by atoms with van der Waals surface area (Å²) in [6.45, 7) is 1.71. The van der Waals surface area contributed by atoms with Gasteiger partial charge in [-0.2, -0.15) is 0 Å². The Labute approximate surface area is 158 Å². The van der Waals surface area contributed by atoms with Crippen molar-refractivity contribution in [3.63, 3.8) is 0 Å². The summed E-state index contributed by atoms with van der Waals surface area (Å²) in [6, 6.07) is 17.0. The van der Waals surface area contributed by atoms with Gasteiger partial charge in [0.2, 0.25) is 0 Å². The van der Waals surface area contributed by atoms with E-state index in [9.17, 15) is 9.18 Å². The first kappa shape index (κ1) is 17.5. The second-order valence-corrected chi connectivity index (χ2v) is 6.92. The maximum absolute atomic E-state index is 13.4. The molecule has 4 rings (SSSR count). The molecule has 2 aliphatic heterocycles. The highest BCUT2D eigenvalue weighted by molar-refractivity contribution is 5.92. The van der Waals surface area contributed by atoms with Crippen LogP contribution in [0.3, 0.4) is 0 Å². The molecule has 2 aromatic carbocycles. The fourth-order valence-corrected chi connectivity index (χ4v) is 3.82. The highest BCUT2D eigenvalue weighted by Gasteiger charge is 2.26. The molecule has 0 bridgehead atoms. The minimum Gasteiger partial charge on any atom is -0.459 e. The molecular formula is C23H22FNO2. The molecule has 27 heavy (non-hydrogen) atoms. The number of hydrogen-bond donors (Lipinski definition) is 0. The Hall–Kier alpha value is -2.88. The third kappa shape index (κ3) is 3.95. The fraction of sp³-hybridized carbons (Fsp3) is 0.261. The predicted molar refractivity (Wildman–Crippen MR) is 104 cm³/mol. The normalized spacial score (nSPS) is 19.5. The van der Waals surface area contributed by atoms with Gasteiger partial charge in [0, 0.05) is 37.7 Å². The van der Waals surface area contributed by atoms with Crippen LogP contribution in [0.15, 0.2) is 66.7 Å². The molecular weight excluding hydrogens is 341 g/mol. The van der Waals surface area contributed by atoms with Crippen LogP contribution in [0.1, 0.15) is 30.4 Å². The van der Waals surface area contributed by atoms with Crippen LogP contribution in [0.5, 0.6) is 0 Å². The maximum Gasteiger partial charge on any atom is 0.330 e. The smallest absolute Gasteiger partial charge is 0.330 e. The van der Waals surface area contributed by atoms with Crippen molar-refractivity contribution in [1.29, 1.82) is 0 Å². The van der Waals surface area contributed by atoms with Gasteiger partial charge in [-0.15, -0.1) is 0 Å². The number of benzene rings is 2. The van der Waals surface area contributed by atoms with Gasteiger partial charge in [0.15, 0.2) is 0 Å². The lowest BCUT2D eigenvalue weighted by Crippen LogP contribution is -2.27. The SMILES string of the molecule is O=C1C=CC[C@@H](CCN2CCC(c3ccccc3)=C2c2ccc(F)cc2)O1. The van der Waals surface area contributed by atoms with Crippen LogP contribution in [0.25, 0.3) is 11.3 Å². The first-order valence-electron chi connectivity index (χ1n) is 9.37. The standard InChI is InChI=1S/C23H22FNO2/c24-19-11-9-18(10-12-19)23-21(17-5-2-1-3-6-17)14-16-25(23)15-13-20-7-4-8-22(26)27-20/h1-6,8-12,20H,7,13-16H2/t20-/m0/s1. The van der Waals surface area contributed by atoms with Crippen LogP contribution in [-0.2, 0) is 9.53 Å². The lowest BCUT2D eigenvalue weighted by atomic mass is 9.99. The Morgan fingerprint density at radius 1 is 1.04 bits per heavy atom. The van der Waals surface area contributed by atoms with Crippen molar-refractivity contribution in [2.45, 2.75) is 25.4 Å². The van der Waals surface area contributed by atoms with Gasteiger partial charge in [-0.3, -0.25) is 0 Å². The molecule has 0 unspecified atom stereocenters. The van der Waals surface area contributed by atoms with E-state index >= 15 is 0 Å². The monoisotopic (exact) mass is 363 g/mol. The van der Waals surface area contributed by atoms with Crippen molar-refractivity contribution in [3.8, 4) is 0 Å². The molecule has 0 aromatic heterocycles. The number of hydrogen-bond acceptors (Lipinski definition) is 3. The van der Waals surface area contributed by atoms with E-state index in [1.807, 2.05) is 36.4 Å². The van der Waals surface area contributed by atoms with Gasteiger partial charge in [0.05, 0.1) is 0 Å². The number of ether oxygens (including phenoxy) is 1. The van der Waals surface area contributed by atoms with Gasteiger partial charge in [-0.1, -0.05) is 36.4 Å². The van der Waals surface area contributed by atoms with Crippen LogP contribution >= 0.6 is 0 Å². The first-order chi connectivity index (χ1) is 13.2. The summed E-state index contributed by atoms with van der Waals surface area (Å²) in [4.78, 5) is 13.8. The quantitative estimate of drug-likeness (QED) is 0.724. The summed E-state index contributed by atoms with van der Waals surface area (Å²) in [6.07, 6.45) is 5.79. The Balaban J connectivity index is 1.61. The molecule has 2 aromatic rings. The largest absolute Gasteiger partial charge is 0.459 e. The lowest BCUT2D eigenvalue weighted by Gasteiger charge is -2.26. The van der Waals surface area contributed by atoms with Gasteiger partial charge >= 0.3 is 5.97 Å². The number of esters is 1. The van der Waals surface area contributed by atoms with Gasteiger partial charge < -0.3 is 9.64 Å². The average molecular weight is 363 g/mol. The van der Waals surface area contributed by atoms with Crippen LogP contribution < -0.4 is 0 Å². The van der Waals surface area contributed by atoms with Gasteiger partial charge in [0.1, 0.15) is 11.9 Å². The Morgan fingerprint density at radius 2 is 1.81 bits per heavy atom. The summed E-state index contributed by atoms with van der Waals surface area (Å²) in [7, 11) is 0. The zero-order chi connectivity index (χ0) is 18.6. The maximum atomic E-state index is 13.4. The Bertz CT molecular complexity index is 871. The number of halogens is 1. The summed E-state index contributed by atoms with van der Waals surface area (Å²) in [5, 5.41) is 0. The number of carbonyl (C=O) groups excluding carboxylic acids is 1. The van der Waals surface area contributed by atoms with E-state index in [1.165, 1.54) is 29.3 Å². The highest BCUT2D eigenvalue weighted by Crippen LogP contribution is 2.37. The molecule has 0 amide bonds. The van der Waals surface area contributed by atoms with Crippen molar-refractivity contribution in [2.75, 3.05) is 13.1 Å². The van der Waals surface area contributed by atoms with Gasteiger partial charge in [-0.25, -0.2) is 9.18 Å². The summed E-state index contributed by atoms with van der Waals surface area (Å²) >= 11 is 0. The number of carbonyl (C=O) groups is 1. The predicted octanol–water partition coefficient (Wildman–Crippen LogP) is 4.66. The second-order valence-electron chi connectivity index (χ2n) is 6.92. The van der Waals surface area contributed by atoms with E-state index in [0.717, 1.165) is 43.6 Å². The molecule has 3 nitrogen and oxygen atoms in total. The molecule has 0 fully saturated rings. The van der Waals surface area contributed by atoms with Crippen LogP contribution in [-0.4, -0.2) is 30.1 Å². The Kier molecular flexibility index (Phi) is 5.05. The molecule has 0 saturated heterocycles. The third-order valence-electron chi connectivity index (χ3n) is 5.13. The minimum absolute atomic E-state index is 0.0715. The lowest BCUT2D eigenvalue weighted by molar-refractivity contribution is -0.144. The second kappa shape index (κ2) is 7.78. The van der Waals surface area contributed by atoms with Crippen molar-refractivity contribution in [1.82, 2.24) is 4.90 Å². The van der Waals surface area contributed by atoms with E-state index in [0.29, 0.717) is 0 Å². The summed E-state index contributed by atoms with van der Waals surface area (Å²) in [5.41, 5.74) is 4.65. The van der Waals surface area contributed by atoms with Crippen molar-refractivity contribution < 1.29 is 13.9 Å². The van der Waals surface area contributed by atoms with Crippen molar-refractivity contribution in [3.05, 3.63) is 83.7 Å².